The van der Waals surface area contributed by atoms with Gasteiger partial charge in [0.15, 0.2) is 10.8 Å². The van der Waals surface area contributed by atoms with Crippen molar-refractivity contribution < 1.29 is 33.1 Å². The minimum atomic E-state index is -4.13. The number of thiazole rings is 1. The molecule has 3 aromatic rings. The Balaban J connectivity index is 1.40. The van der Waals surface area contributed by atoms with Crippen LogP contribution < -0.4 is 16.4 Å². The number of amides is 2. The average molecular weight is 619 g/mol. The molecule has 2 atom stereocenters. The summed E-state index contributed by atoms with van der Waals surface area (Å²) in [5.74, 6) is -2.38. The SMILES string of the molecule is CC1Cc2nc(C(=O)N3CCN(S(=O)(=O)n4cc5ccc(/C(N)=N/O)cc5c4)CC3CC(=O)NCC(=O)O)sc2CN1. The number of hydrogen-bond donors (Lipinski definition) is 5. The van der Waals surface area contributed by atoms with Crippen molar-refractivity contribution in [3.8, 4) is 0 Å². The molecule has 1 fully saturated rings. The van der Waals surface area contributed by atoms with Crippen LogP contribution in [0.25, 0.3) is 10.8 Å². The molecule has 15 nitrogen and oxygen atoms in total. The Kier molecular flexibility index (Phi) is 8.18. The maximum absolute atomic E-state index is 13.7. The number of oxime groups is 1. The third kappa shape index (κ3) is 5.94. The summed E-state index contributed by atoms with van der Waals surface area (Å²) in [6, 6.07) is 4.18. The lowest BCUT2D eigenvalue weighted by atomic mass is 10.1. The molecule has 224 valence electrons. The van der Waals surface area contributed by atoms with Crippen LogP contribution in [0.3, 0.4) is 0 Å². The van der Waals surface area contributed by atoms with E-state index in [-0.39, 0.29) is 42.9 Å². The first-order valence-electron chi connectivity index (χ1n) is 13.1. The van der Waals surface area contributed by atoms with Crippen molar-refractivity contribution in [3.05, 3.63) is 51.7 Å². The summed E-state index contributed by atoms with van der Waals surface area (Å²) in [5, 5.41) is 27.9. The second-order valence-electron chi connectivity index (χ2n) is 10.2. The van der Waals surface area contributed by atoms with Gasteiger partial charge in [-0.15, -0.1) is 11.3 Å². The lowest BCUT2D eigenvalue weighted by Crippen LogP contribution is -2.58. The van der Waals surface area contributed by atoms with Crippen LogP contribution in [0, 0.1) is 0 Å². The maximum Gasteiger partial charge on any atom is 0.322 e. The lowest BCUT2D eigenvalue weighted by Gasteiger charge is -2.40. The molecule has 5 rings (SSSR count). The first-order valence-corrected chi connectivity index (χ1v) is 15.3. The monoisotopic (exact) mass is 618 g/mol. The summed E-state index contributed by atoms with van der Waals surface area (Å²) in [7, 11) is -4.13. The van der Waals surface area contributed by atoms with Crippen molar-refractivity contribution in [1.82, 2.24) is 28.8 Å². The fourth-order valence-electron chi connectivity index (χ4n) is 5.06. The molecule has 42 heavy (non-hydrogen) atoms. The summed E-state index contributed by atoms with van der Waals surface area (Å²) >= 11 is 1.27. The van der Waals surface area contributed by atoms with Gasteiger partial charge in [0.1, 0.15) is 6.54 Å². The van der Waals surface area contributed by atoms with E-state index in [0.717, 1.165) is 14.5 Å². The summed E-state index contributed by atoms with van der Waals surface area (Å²) in [5.41, 5.74) is 6.92. The van der Waals surface area contributed by atoms with Gasteiger partial charge in [-0.05, 0) is 13.0 Å². The van der Waals surface area contributed by atoms with Gasteiger partial charge in [-0.25, -0.2) is 8.96 Å². The molecule has 2 aliphatic rings. The predicted octanol–water partition coefficient (Wildman–Crippen LogP) is -0.263. The molecule has 2 unspecified atom stereocenters. The van der Waals surface area contributed by atoms with E-state index < -0.39 is 40.6 Å². The standard InChI is InChI=1S/C25H30N8O7S2/c1-14-6-19-20(9-27-14)41-24(29-19)25(37)33-5-4-31(13-18(33)8-21(34)28-10-22(35)36)42(39,40)32-11-16-3-2-15(23(26)30-38)7-17(16)12-32/h2-3,7,11-12,14,18,27,38H,4-6,8-10,13H2,1H3,(H2,26,30)(H,28,34)(H,35,36). The number of benzene rings is 1. The van der Waals surface area contributed by atoms with E-state index in [4.69, 9.17) is 16.0 Å². The van der Waals surface area contributed by atoms with Gasteiger partial charge in [-0.2, -0.15) is 12.7 Å². The molecule has 0 aliphatic carbocycles. The van der Waals surface area contributed by atoms with Crippen molar-refractivity contribution in [2.24, 2.45) is 10.9 Å². The van der Waals surface area contributed by atoms with Gasteiger partial charge < -0.3 is 31.6 Å². The highest BCUT2D eigenvalue weighted by atomic mass is 32.2. The Labute approximate surface area is 244 Å². The Hall–Kier alpha value is -4.06. The number of aromatic nitrogens is 2. The van der Waals surface area contributed by atoms with E-state index in [2.05, 4.69) is 20.8 Å². The van der Waals surface area contributed by atoms with E-state index in [1.807, 2.05) is 6.92 Å². The molecule has 1 aromatic carbocycles. The van der Waals surface area contributed by atoms with Gasteiger partial charge in [0.05, 0.1) is 11.7 Å². The Morgan fingerprint density at radius 3 is 2.74 bits per heavy atom. The van der Waals surface area contributed by atoms with Crippen molar-refractivity contribution in [3.63, 3.8) is 0 Å². The van der Waals surface area contributed by atoms with E-state index >= 15 is 0 Å². The number of nitrogens with two attached hydrogens (primary N) is 1. The van der Waals surface area contributed by atoms with Crippen molar-refractivity contribution in [2.75, 3.05) is 26.2 Å². The van der Waals surface area contributed by atoms with Crippen molar-refractivity contribution in [2.45, 2.75) is 38.4 Å². The number of carbonyl (C=O) groups excluding carboxylic acids is 2. The number of rotatable bonds is 8. The maximum atomic E-state index is 13.7. The fraction of sp³-hybridized carbons (Fsp3) is 0.400. The third-order valence-corrected chi connectivity index (χ3v) is 10.1. The second-order valence-corrected chi connectivity index (χ2v) is 13.1. The van der Waals surface area contributed by atoms with Gasteiger partial charge >= 0.3 is 16.2 Å². The first-order chi connectivity index (χ1) is 20.0. The van der Waals surface area contributed by atoms with Crippen LogP contribution in [0.1, 0.15) is 39.3 Å². The molecule has 2 aliphatic heterocycles. The zero-order valence-corrected chi connectivity index (χ0v) is 24.2. The topological polar surface area (TPSA) is 213 Å². The van der Waals surface area contributed by atoms with E-state index in [1.165, 1.54) is 32.9 Å². The zero-order valence-electron chi connectivity index (χ0n) is 22.6. The molecule has 0 radical (unpaired) electrons. The minimum absolute atomic E-state index is 0.00226. The van der Waals surface area contributed by atoms with E-state index in [0.29, 0.717) is 29.3 Å². The number of carboxylic acids is 1. The minimum Gasteiger partial charge on any atom is -0.480 e. The fourth-order valence-corrected chi connectivity index (χ4v) is 7.49. The van der Waals surface area contributed by atoms with Gasteiger partial charge in [0.25, 0.3) is 5.91 Å². The summed E-state index contributed by atoms with van der Waals surface area (Å²) < 4.78 is 29.6. The van der Waals surface area contributed by atoms with Crippen LogP contribution in [-0.2, 0) is 32.8 Å². The normalized spacial score (nSPS) is 19.9. The number of nitrogens with one attached hydrogen (secondary N) is 2. The Morgan fingerprint density at radius 2 is 2.00 bits per heavy atom. The molecule has 0 saturated carbocycles. The number of amidine groups is 1. The number of fused-ring (bicyclic) bond motifs is 2. The zero-order chi connectivity index (χ0) is 30.2. The van der Waals surface area contributed by atoms with Crippen molar-refractivity contribution in [1.29, 1.82) is 0 Å². The number of carbonyl (C=O) groups is 3. The largest absolute Gasteiger partial charge is 0.480 e. The molecule has 0 bridgehead atoms. The number of carboxylic acid groups (broad SMARTS) is 1. The van der Waals surface area contributed by atoms with Crippen LogP contribution in [0.5, 0.6) is 0 Å². The molecule has 6 N–H and O–H groups in total. The average Bonchev–Trinajstić information content (AvgIpc) is 3.59. The molecule has 2 amide bonds. The number of aliphatic carboxylic acids is 1. The molecule has 0 spiro atoms. The molecule has 1 saturated heterocycles. The Bertz CT molecular complexity index is 1680. The van der Waals surface area contributed by atoms with Crippen LogP contribution >= 0.6 is 11.3 Å². The highest BCUT2D eigenvalue weighted by molar-refractivity contribution is 7.87. The highest BCUT2D eigenvalue weighted by Crippen LogP contribution is 2.27. The van der Waals surface area contributed by atoms with Gasteiger partial charge in [0.2, 0.25) is 5.91 Å². The molecule has 2 aromatic heterocycles. The number of piperazine rings is 1. The van der Waals surface area contributed by atoms with E-state index in [1.54, 1.807) is 18.2 Å². The quantitative estimate of drug-likeness (QED) is 0.0965. The second kappa shape index (κ2) is 11.7. The van der Waals surface area contributed by atoms with Gasteiger partial charge in [0, 0.05) is 78.7 Å². The number of nitrogens with zero attached hydrogens (tertiary/aromatic N) is 5. The highest BCUT2D eigenvalue weighted by Gasteiger charge is 2.39. The van der Waals surface area contributed by atoms with Crippen LogP contribution in [0.4, 0.5) is 0 Å². The van der Waals surface area contributed by atoms with Crippen LogP contribution in [-0.4, -0.2) is 98.8 Å². The molecular weight excluding hydrogens is 588 g/mol. The predicted molar refractivity (Wildman–Crippen MR) is 153 cm³/mol. The molecule has 4 heterocycles. The lowest BCUT2D eigenvalue weighted by molar-refractivity contribution is -0.138. The summed E-state index contributed by atoms with van der Waals surface area (Å²) in [6.07, 6.45) is 3.21. The van der Waals surface area contributed by atoms with Gasteiger partial charge in [-0.1, -0.05) is 17.3 Å². The molecule has 17 heteroatoms. The summed E-state index contributed by atoms with van der Waals surface area (Å²) in [4.78, 5) is 44.2. The third-order valence-electron chi connectivity index (χ3n) is 7.25. The van der Waals surface area contributed by atoms with Crippen molar-refractivity contribution >= 4 is 55.9 Å². The number of hydrogen-bond acceptors (Lipinski definition) is 10. The van der Waals surface area contributed by atoms with Crippen LogP contribution in [0.2, 0.25) is 0 Å². The molecular formula is C25H30N8O7S2. The first kappa shape index (κ1) is 29.4. The van der Waals surface area contributed by atoms with Crippen LogP contribution in [0.15, 0.2) is 35.7 Å². The summed E-state index contributed by atoms with van der Waals surface area (Å²) in [6.45, 7) is 1.80. The Morgan fingerprint density at radius 1 is 1.24 bits per heavy atom. The van der Waals surface area contributed by atoms with E-state index in [9.17, 15) is 22.8 Å². The smallest absolute Gasteiger partial charge is 0.322 e. The van der Waals surface area contributed by atoms with Gasteiger partial charge in [-0.3, -0.25) is 14.4 Å².